The molecule has 1 heterocycles. The van der Waals surface area contributed by atoms with Gasteiger partial charge in [0.1, 0.15) is 12.7 Å². The van der Waals surface area contributed by atoms with Crippen LogP contribution in [0.2, 0.25) is 0 Å². The summed E-state index contributed by atoms with van der Waals surface area (Å²) in [5.41, 5.74) is -1.85. The molecule has 0 bridgehead atoms. The number of ether oxygens (including phenoxy) is 1. The van der Waals surface area contributed by atoms with Crippen molar-refractivity contribution in [2.24, 2.45) is 33.6 Å². The van der Waals surface area contributed by atoms with Gasteiger partial charge in [0.05, 0.1) is 12.2 Å². The van der Waals surface area contributed by atoms with E-state index in [2.05, 4.69) is 4.99 Å². The number of hydrogen-bond donors (Lipinski definition) is 3. The zero-order valence-electron chi connectivity index (χ0n) is 17.5. The lowest BCUT2D eigenvalue weighted by atomic mass is 9.45. The average molecular weight is 415 g/mol. The zero-order valence-corrected chi connectivity index (χ0v) is 17.5. The highest BCUT2D eigenvalue weighted by Crippen LogP contribution is 2.69. The van der Waals surface area contributed by atoms with Crippen molar-refractivity contribution in [3.63, 3.8) is 0 Å². The van der Waals surface area contributed by atoms with Crippen molar-refractivity contribution in [1.82, 2.24) is 0 Å². The molecular formula is C23H29NO6. The van der Waals surface area contributed by atoms with E-state index >= 15 is 0 Å². The highest BCUT2D eigenvalue weighted by Gasteiger charge is 2.74. The highest BCUT2D eigenvalue weighted by atomic mass is 16.5. The standard InChI is InChI=1S/C23H29NO6/c1-11-24-23(18(29)10-25)19(30-11)8-14-13-7-16(27)15-6-12(26)4-5-21(15,2)20(13)17(28)9-22(14,23)3/h4-6,13-14,16-17,19-20,25,27-28H,7-10H2,1-3H3/t13-,14?,16-,17-,19+,20?,21-,22-,23+/m0/s1. The van der Waals surface area contributed by atoms with Crippen molar-refractivity contribution in [2.45, 2.75) is 63.9 Å². The Balaban J connectivity index is 1.63. The quantitative estimate of drug-likeness (QED) is 0.619. The van der Waals surface area contributed by atoms with Gasteiger partial charge in [-0.1, -0.05) is 19.9 Å². The zero-order chi connectivity index (χ0) is 21.6. The van der Waals surface area contributed by atoms with E-state index in [1.807, 2.05) is 19.9 Å². The summed E-state index contributed by atoms with van der Waals surface area (Å²) in [4.78, 5) is 29.7. The number of aliphatic imine (C=N–C) groups is 1. The van der Waals surface area contributed by atoms with Crippen LogP contribution >= 0.6 is 0 Å². The second-order valence-corrected chi connectivity index (χ2v) is 10.2. The largest absolute Gasteiger partial charge is 0.475 e. The molecule has 0 aromatic heterocycles. The van der Waals surface area contributed by atoms with Crippen LogP contribution in [0, 0.1) is 28.6 Å². The minimum absolute atomic E-state index is 0.0118. The summed E-state index contributed by atoms with van der Waals surface area (Å²) in [6.45, 7) is 5.06. The first-order valence-electron chi connectivity index (χ1n) is 10.8. The Kier molecular flexibility index (Phi) is 4.09. The van der Waals surface area contributed by atoms with E-state index < -0.39 is 41.3 Å². The third-order valence-corrected chi connectivity index (χ3v) is 8.92. The molecule has 2 unspecified atom stereocenters. The van der Waals surface area contributed by atoms with Crippen LogP contribution in [0.1, 0.15) is 40.0 Å². The highest BCUT2D eigenvalue weighted by molar-refractivity contribution is 6.01. The fourth-order valence-electron chi connectivity index (χ4n) is 7.86. The Hall–Kier alpha value is -1.83. The Morgan fingerprint density at radius 1 is 1.30 bits per heavy atom. The smallest absolute Gasteiger partial charge is 0.190 e. The topological polar surface area (TPSA) is 116 Å². The second kappa shape index (κ2) is 6.11. The molecule has 0 spiro atoms. The van der Waals surface area contributed by atoms with Gasteiger partial charge in [0, 0.05) is 23.7 Å². The van der Waals surface area contributed by atoms with Crippen molar-refractivity contribution in [3.05, 3.63) is 23.8 Å². The number of aliphatic hydroxyl groups is 3. The summed E-state index contributed by atoms with van der Waals surface area (Å²) in [5.74, 6) is -0.334. The molecule has 3 fully saturated rings. The molecule has 0 saturated heterocycles. The van der Waals surface area contributed by atoms with Gasteiger partial charge in [-0.2, -0.15) is 0 Å². The number of carbonyl (C=O) groups is 2. The van der Waals surface area contributed by atoms with E-state index in [1.54, 1.807) is 6.92 Å². The van der Waals surface area contributed by atoms with Crippen LogP contribution in [0.15, 0.2) is 28.8 Å². The summed E-state index contributed by atoms with van der Waals surface area (Å²) in [6.07, 6.45) is 4.23. The Morgan fingerprint density at radius 2 is 2.03 bits per heavy atom. The number of carbonyl (C=O) groups excluding carboxylic acids is 2. The maximum absolute atomic E-state index is 13.1. The lowest BCUT2D eigenvalue weighted by Gasteiger charge is -2.60. The monoisotopic (exact) mass is 415 g/mol. The molecule has 7 heteroatoms. The first-order valence-corrected chi connectivity index (χ1v) is 10.8. The van der Waals surface area contributed by atoms with Crippen molar-refractivity contribution in [2.75, 3.05) is 6.61 Å². The number of hydrogen-bond acceptors (Lipinski definition) is 7. The molecule has 3 N–H and O–H groups in total. The van der Waals surface area contributed by atoms with Crippen molar-refractivity contribution in [3.8, 4) is 0 Å². The number of fused-ring (bicyclic) bond motifs is 7. The van der Waals surface area contributed by atoms with Gasteiger partial charge in [-0.05, 0) is 48.8 Å². The number of rotatable bonds is 2. The molecule has 0 aromatic carbocycles. The van der Waals surface area contributed by atoms with Gasteiger partial charge in [-0.25, -0.2) is 4.99 Å². The van der Waals surface area contributed by atoms with Gasteiger partial charge in [0.25, 0.3) is 0 Å². The molecule has 30 heavy (non-hydrogen) atoms. The molecule has 0 aromatic rings. The molecular weight excluding hydrogens is 386 g/mol. The van der Waals surface area contributed by atoms with E-state index in [0.717, 1.165) is 0 Å². The van der Waals surface area contributed by atoms with Gasteiger partial charge in [0.2, 0.25) is 0 Å². The van der Waals surface area contributed by atoms with E-state index in [-0.39, 0.29) is 29.3 Å². The van der Waals surface area contributed by atoms with Gasteiger partial charge in [0.15, 0.2) is 23.0 Å². The SMILES string of the molecule is CC1=N[C@]2(C(=O)CO)[C@@H](CC3[C@@H]4C[C@H](O)C5=CC(=O)C=C[C@]5(C)C4[C@@H](O)C[C@@]32C)O1. The lowest BCUT2D eigenvalue weighted by Crippen LogP contribution is -2.63. The third kappa shape index (κ3) is 2.18. The van der Waals surface area contributed by atoms with Crippen LogP contribution in [-0.4, -0.2) is 63.2 Å². The van der Waals surface area contributed by atoms with Crippen LogP contribution in [-0.2, 0) is 14.3 Å². The first kappa shape index (κ1) is 20.1. The summed E-state index contributed by atoms with van der Waals surface area (Å²) >= 11 is 0. The second-order valence-electron chi connectivity index (χ2n) is 10.2. The Labute approximate surface area is 175 Å². The molecule has 5 rings (SSSR count). The number of allylic oxidation sites excluding steroid dienone is 3. The van der Waals surface area contributed by atoms with Crippen molar-refractivity contribution in [1.29, 1.82) is 0 Å². The number of Topliss-reactive ketones (excluding diaryl/α,β-unsaturated/α-hetero) is 1. The van der Waals surface area contributed by atoms with Gasteiger partial charge in [-0.15, -0.1) is 0 Å². The summed E-state index contributed by atoms with van der Waals surface area (Å²) in [6, 6.07) is 0. The van der Waals surface area contributed by atoms with Gasteiger partial charge in [-0.3, -0.25) is 9.59 Å². The fraction of sp³-hybridized carbons (Fsp3) is 0.696. The van der Waals surface area contributed by atoms with Crippen molar-refractivity contribution >= 4 is 17.5 Å². The van der Waals surface area contributed by atoms with Crippen LogP contribution in [0.25, 0.3) is 0 Å². The normalized spacial score (nSPS) is 51.2. The average Bonchev–Trinajstić information content (AvgIpc) is 3.13. The number of aliphatic hydroxyl groups excluding tert-OH is 3. The predicted octanol–water partition coefficient (Wildman–Crippen LogP) is 0.963. The summed E-state index contributed by atoms with van der Waals surface area (Å²) < 4.78 is 5.96. The van der Waals surface area contributed by atoms with E-state index in [0.29, 0.717) is 30.7 Å². The van der Waals surface area contributed by atoms with Crippen LogP contribution < -0.4 is 0 Å². The van der Waals surface area contributed by atoms with Gasteiger partial charge < -0.3 is 20.1 Å². The molecule has 7 nitrogen and oxygen atoms in total. The van der Waals surface area contributed by atoms with Crippen LogP contribution in [0.3, 0.4) is 0 Å². The molecule has 9 atom stereocenters. The fourth-order valence-corrected chi connectivity index (χ4v) is 7.86. The molecule has 0 radical (unpaired) electrons. The van der Waals surface area contributed by atoms with E-state index in [1.165, 1.54) is 12.2 Å². The molecule has 4 aliphatic carbocycles. The molecule has 3 saturated carbocycles. The molecule has 1 aliphatic heterocycles. The predicted molar refractivity (Wildman–Crippen MR) is 108 cm³/mol. The van der Waals surface area contributed by atoms with Crippen LogP contribution in [0.4, 0.5) is 0 Å². The Bertz CT molecular complexity index is 923. The minimum Gasteiger partial charge on any atom is -0.475 e. The molecule has 5 aliphatic rings. The number of nitrogens with zero attached hydrogens (tertiary/aromatic N) is 1. The van der Waals surface area contributed by atoms with Gasteiger partial charge >= 0.3 is 0 Å². The first-order chi connectivity index (χ1) is 14.1. The third-order valence-electron chi connectivity index (χ3n) is 8.92. The van der Waals surface area contributed by atoms with E-state index in [9.17, 15) is 24.9 Å². The summed E-state index contributed by atoms with van der Waals surface area (Å²) in [7, 11) is 0. The maximum Gasteiger partial charge on any atom is 0.190 e. The van der Waals surface area contributed by atoms with Crippen LogP contribution in [0.5, 0.6) is 0 Å². The maximum atomic E-state index is 13.1. The van der Waals surface area contributed by atoms with Crippen molar-refractivity contribution < 1.29 is 29.6 Å². The summed E-state index contributed by atoms with van der Waals surface area (Å²) in [5, 5.41) is 32.2. The minimum atomic E-state index is -1.21. The lowest BCUT2D eigenvalue weighted by molar-refractivity contribution is -0.150. The molecule has 0 amide bonds. The Morgan fingerprint density at radius 3 is 2.73 bits per heavy atom. The number of ketones is 2. The van der Waals surface area contributed by atoms with E-state index in [4.69, 9.17) is 4.74 Å². The molecule has 162 valence electrons.